The van der Waals surface area contributed by atoms with Crippen LogP contribution in [0.4, 0.5) is 0 Å². The highest BCUT2D eigenvalue weighted by Crippen LogP contribution is 2.21. The topological polar surface area (TPSA) is 85.2 Å². The smallest absolute Gasteiger partial charge is 0.237 e. The Bertz CT molecular complexity index is 504. The number of nitrogens with one attached hydrogen (secondary N) is 2. The van der Waals surface area contributed by atoms with Crippen LogP contribution in [0, 0.1) is 16.7 Å². The molecule has 0 unspecified atom stereocenters. The van der Waals surface area contributed by atoms with Gasteiger partial charge in [0.2, 0.25) is 11.8 Å². The van der Waals surface area contributed by atoms with Crippen molar-refractivity contribution in [2.45, 2.75) is 77.4 Å². The zero-order valence-electron chi connectivity index (χ0n) is 15.5. The van der Waals surface area contributed by atoms with Crippen molar-refractivity contribution in [3.05, 3.63) is 0 Å². The van der Waals surface area contributed by atoms with Crippen LogP contribution in [-0.2, 0) is 9.59 Å². The molecule has 0 spiro atoms. The summed E-state index contributed by atoms with van der Waals surface area (Å²) in [6.07, 6.45) is 5.52. The van der Waals surface area contributed by atoms with Gasteiger partial charge in [-0.25, -0.2) is 0 Å². The normalized spacial score (nSPS) is 26.5. The van der Waals surface area contributed by atoms with E-state index in [1.165, 1.54) is 0 Å². The van der Waals surface area contributed by atoms with Gasteiger partial charge in [-0.15, -0.1) is 12.4 Å². The predicted octanol–water partition coefficient (Wildman–Crippen LogP) is 1.99. The minimum atomic E-state index is -0.353. The first-order chi connectivity index (χ1) is 11.3. The second kappa shape index (κ2) is 9.40. The molecule has 0 aromatic rings. The van der Waals surface area contributed by atoms with Gasteiger partial charge in [0, 0.05) is 24.0 Å². The van der Waals surface area contributed by atoms with E-state index in [4.69, 9.17) is 5.26 Å². The highest BCUT2D eigenvalue weighted by Gasteiger charge is 2.30. The lowest BCUT2D eigenvalue weighted by molar-refractivity contribution is -0.130. The van der Waals surface area contributed by atoms with E-state index < -0.39 is 0 Å². The molecule has 6 nitrogen and oxygen atoms in total. The monoisotopic (exact) mass is 370 g/mol. The van der Waals surface area contributed by atoms with Crippen molar-refractivity contribution < 1.29 is 9.59 Å². The van der Waals surface area contributed by atoms with E-state index in [-0.39, 0.29) is 41.7 Å². The molecule has 0 radical (unpaired) electrons. The first-order valence-electron chi connectivity index (χ1n) is 9.04. The van der Waals surface area contributed by atoms with Gasteiger partial charge in [0.05, 0.1) is 12.6 Å². The first kappa shape index (κ1) is 21.7. The number of halogens is 1. The van der Waals surface area contributed by atoms with Gasteiger partial charge in [-0.2, -0.15) is 5.26 Å². The summed E-state index contributed by atoms with van der Waals surface area (Å²) in [5, 5.41) is 15.5. The summed E-state index contributed by atoms with van der Waals surface area (Å²) in [5.74, 6) is 0.132. The minimum absolute atomic E-state index is 0. The third-order valence-corrected chi connectivity index (χ3v) is 5.01. The van der Waals surface area contributed by atoms with Crippen LogP contribution in [0.3, 0.4) is 0 Å². The Kier molecular flexibility index (Phi) is 8.17. The summed E-state index contributed by atoms with van der Waals surface area (Å²) >= 11 is 0. The van der Waals surface area contributed by atoms with Crippen LogP contribution in [0.1, 0.15) is 59.3 Å². The number of likely N-dealkylation sites (tertiary alicyclic amines) is 1. The number of rotatable bonds is 4. The van der Waals surface area contributed by atoms with Gasteiger partial charge < -0.3 is 15.5 Å². The number of amides is 2. The second-order valence-electron chi connectivity index (χ2n) is 8.03. The van der Waals surface area contributed by atoms with Crippen LogP contribution in [-0.4, -0.2) is 47.9 Å². The predicted molar refractivity (Wildman–Crippen MR) is 99.2 cm³/mol. The van der Waals surface area contributed by atoms with Crippen LogP contribution in [0.25, 0.3) is 0 Å². The summed E-state index contributed by atoms with van der Waals surface area (Å²) in [6.45, 7) is 6.78. The molecule has 0 aromatic carbocycles. The van der Waals surface area contributed by atoms with Crippen molar-refractivity contribution in [3.63, 3.8) is 0 Å². The van der Waals surface area contributed by atoms with Crippen LogP contribution in [0.2, 0.25) is 0 Å². The maximum atomic E-state index is 12.2. The zero-order chi connectivity index (χ0) is 17.7. The van der Waals surface area contributed by atoms with Crippen LogP contribution in [0.5, 0.6) is 0 Å². The van der Waals surface area contributed by atoms with Crippen molar-refractivity contribution in [3.8, 4) is 6.07 Å². The fourth-order valence-electron chi connectivity index (χ4n) is 3.38. The molecule has 25 heavy (non-hydrogen) atoms. The molecule has 2 N–H and O–H groups in total. The highest BCUT2D eigenvalue weighted by atomic mass is 35.5. The van der Waals surface area contributed by atoms with E-state index in [1.54, 1.807) is 4.90 Å². The number of hydrogen-bond acceptors (Lipinski definition) is 4. The van der Waals surface area contributed by atoms with Crippen LogP contribution < -0.4 is 10.6 Å². The van der Waals surface area contributed by atoms with Crippen molar-refractivity contribution in [2.24, 2.45) is 5.41 Å². The van der Waals surface area contributed by atoms with Gasteiger partial charge in [0.1, 0.15) is 6.04 Å². The average Bonchev–Trinajstić information content (AvgIpc) is 3.01. The Morgan fingerprint density at radius 3 is 2.28 bits per heavy atom. The van der Waals surface area contributed by atoms with Gasteiger partial charge in [-0.1, -0.05) is 20.8 Å². The lowest BCUT2D eigenvalue weighted by Gasteiger charge is -2.32. The molecule has 2 amide bonds. The number of hydrogen-bond donors (Lipinski definition) is 2. The van der Waals surface area contributed by atoms with Gasteiger partial charge in [0.25, 0.3) is 0 Å². The number of nitrogens with zero attached hydrogens (tertiary/aromatic N) is 2. The molecule has 1 heterocycles. The molecule has 1 atom stereocenters. The van der Waals surface area contributed by atoms with Crippen LogP contribution in [0.15, 0.2) is 0 Å². The standard InChI is InChI=1S/C18H30N4O2.ClH/c1-18(2,3)17(24)21-14-8-6-13(7-9-14)20-12-16(23)22-10-4-5-15(22)11-19;/h13-15,20H,4-10,12H2,1-3H3,(H,21,24);1H/t13?,14?,15-;/m0./s1. The van der Waals surface area contributed by atoms with Crippen molar-refractivity contribution in [1.82, 2.24) is 15.5 Å². The van der Waals surface area contributed by atoms with E-state index in [2.05, 4.69) is 16.7 Å². The maximum Gasteiger partial charge on any atom is 0.237 e. The van der Waals surface area contributed by atoms with E-state index in [0.717, 1.165) is 38.5 Å². The quantitative estimate of drug-likeness (QED) is 0.792. The van der Waals surface area contributed by atoms with Gasteiger partial charge in [-0.3, -0.25) is 9.59 Å². The molecule has 2 fully saturated rings. The molecule has 1 saturated carbocycles. The molecule has 1 aliphatic heterocycles. The Morgan fingerprint density at radius 2 is 1.72 bits per heavy atom. The van der Waals surface area contributed by atoms with Crippen molar-refractivity contribution >= 4 is 24.2 Å². The van der Waals surface area contributed by atoms with Gasteiger partial charge in [0.15, 0.2) is 0 Å². The molecule has 7 heteroatoms. The number of carbonyl (C=O) groups excluding carboxylic acids is 2. The molecule has 142 valence electrons. The van der Waals surface area contributed by atoms with Crippen molar-refractivity contribution in [1.29, 1.82) is 5.26 Å². The van der Waals surface area contributed by atoms with E-state index in [1.807, 2.05) is 20.8 Å². The molecule has 1 saturated heterocycles. The van der Waals surface area contributed by atoms with Gasteiger partial charge in [-0.05, 0) is 38.5 Å². The first-order valence-corrected chi connectivity index (χ1v) is 9.04. The fraction of sp³-hybridized carbons (Fsp3) is 0.833. The molecular weight excluding hydrogens is 340 g/mol. The van der Waals surface area contributed by atoms with E-state index >= 15 is 0 Å². The lowest BCUT2D eigenvalue weighted by Crippen LogP contribution is -2.47. The van der Waals surface area contributed by atoms with E-state index in [0.29, 0.717) is 19.1 Å². The Morgan fingerprint density at radius 1 is 1.12 bits per heavy atom. The summed E-state index contributed by atoms with van der Waals surface area (Å²) in [7, 11) is 0. The second-order valence-corrected chi connectivity index (χ2v) is 8.03. The molecule has 1 aliphatic carbocycles. The number of nitriles is 1. The third kappa shape index (κ3) is 6.16. The molecule has 0 bridgehead atoms. The Labute approximate surface area is 157 Å². The lowest BCUT2D eigenvalue weighted by atomic mass is 9.89. The largest absolute Gasteiger partial charge is 0.353 e. The maximum absolute atomic E-state index is 12.2. The van der Waals surface area contributed by atoms with Crippen LogP contribution >= 0.6 is 12.4 Å². The number of carbonyl (C=O) groups is 2. The third-order valence-electron chi connectivity index (χ3n) is 5.01. The minimum Gasteiger partial charge on any atom is -0.353 e. The van der Waals surface area contributed by atoms with Crippen molar-refractivity contribution in [2.75, 3.05) is 13.1 Å². The summed E-state index contributed by atoms with van der Waals surface area (Å²) in [6, 6.07) is 2.52. The average molecular weight is 371 g/mol. The molecular formula is C18H31ClN4O2. The molecule has 2 rings (SSSR count). The van der Waals surface area contributed by atoms with Gasteiger partial charge >= 0.3 is 0 Å². The summed E-state index contributed by atoms with van der Waals surface area (Å²) in [5.41, 5.74) is -0.353. The molecule has 0 aromatic heterocycles. The zero-order valence-corrected chi connectivity index (χ0v) is 16.3. The molecule has 2 aliphatic rings. The Hall–Kier alpha value is -1.32. The summed E-state index contributed by atoms with van der Waals surface area (Å²) < 4.78 is 0. The fourth-order valence-corrected chi connectivity index (χ4v) is 3.38. The highest BCUT2D eigenvalue weighted by molar-refractivity contribution is 5.85. The summed E-state index contributed by atoms with van der Waals surface area (Å²) in [4.78, 5) is 26.0. The SMILES string of the molecule is CC(C)(C)C(=O)NC1CCC(NCC(=O)N2CCC[C@H]2C#N)CC1.Cl. The Balaban J connectivity index is 0.00000312. The van der Waals surface area contributed by atoms with E-state index in [9.17, 15) is 9.59 Å².